The van der Waals surface area contributed by atoms with Gasteiger partial charge in [-0.1, -0.05) is 32.4 Å². The molecule has 0 spiro atoms. The molecule has 20 nitrogen and oxygen atoms in total. The summed E-state index contributed by atoms with van der Waals surface area (Å²) in [6.45, 7) is 17.2. The second kappa shape index (κ2) is 25.8. The zero-order chi connectivity index (χ0) is 54.3. The van der Waals surface area contributed by atoms with Gasteiger partial charge in [-0.3, -0.25) is 9.69 Å². The van der Waals surface area contributed by atoms with Crippen molar-refractivity contribution >= 4 is 33.6 Å². The highest BCUT2D eigenvalue weighted by Gasteiger charge is 2.53. The molecule has 1 aromatic rings. The summed E-state index contributed by atoms with van der Waals surface area (Å²) in [5.74, 6) is -3.22. The largest absolute Gasteiger partial charge is 0.459 e. The molecule has 0 saturated carbocycles. The maximum absolute atomic E-state index is 14.6. The van der Waals surface area contributed by atoms with Gasteiger partial charge in [0.25, 0.3) is 10.0 Å². The van der Waals surface area contributed by atoms with Crippen molar-refractivity contribution in [3.63, 3.8) is 0 Å². The first-order chi connectivity index (χ1) is 33.4. The second-order valence-corrected chi connectivity index (χ2v) is 23.5. The smallest absolute Gasteiger partial charge is 0.331 e. The van der Waals surface area contributed by atoms with E-state index in [9.17, 15) is 48.8 Å². The van der Waals surface area contributed by atoms with E-state index in [1.54, 1.807) is 48.5 Å². The van der Waals surface area contributed by atoms with Crippen LogP contribution in [0.3, 0.4) is 0 Å². The third kappa shape index (κ3) is 15.2. The molecule has 0 aromatic heterocycles. The van der Waals surface area contributed by atoms with Gasteiger partial charge in [0.2, 0.25) is 0 Å². The van der Waals surface area contributed by atoms with Crippen LogP contribution < -0.4 is 4.72 Å². The Bertz CT molecular complexity index is 2070. The number of carbonyl (C=O) groups is 2. The lowest BCUT2D eigenvalue weighted by molar-refractivity contribution is -0.318. The lowest BCUT2D eigenvalue weighted by atomic mass is 9.77. The van der Waals surface area contributed by atoms with Crippen LogP contribution in [-0.2, 0) is 43.2 Å². The van der Waals surface area contributed by atoms with E-state index in [1.165, 1.54) is 43.2 Å². The minimum atomic E-state index is -4.31. The van der Waals surface area contributed by atoms with E-state index in [0.29, 0.717) is 11.4 Å². The summed E-state index contributed by atoms with van der Waals surface area (Å²) in [7, 11) is 0.850. The van der Waals surface area contributed by atoms with Gasteiger partial charge in [0.1, 0.15) is 30.0 Å². The third-order valence-electron chi connectivity index (χ3n) is 15.0. The van der Waals surface area contributed by atoms with Crippen LogP contribution in [0.25, 0.3) is 0 Å². The van der Waals surface area contributed by atoms with Crippen LogP contribution in [0.2, 0.25) is 5.02 Å². The number of cyclic esters (lactones) is 1. The molecular formula is C50H84ClN5O15S. The number of nitrogens with zero attached hydrogens (tertiary/aromatic N) is 4. The summed E-state index contributed by atoms with van der Waals surface area (Å²) < 4.78 is 66.4. The van der Waals surface area contributed by atoms with Gasteiger partial charge in [0.15, 0.2) is 12.6 Å². The first kappa shape index (κ1) is 61.8. The number of urea groups is 1. The fourth-order valence-electron chi connectivity index (χ4n) is 10.7. The van der Waals surface area contributed by atoms with Crippen LogP contribution in [0.15, 0.2) is 29.2 Å². The van der Waals surface area contributed by atoms with E-state index >= 15 is 0 Å². The van der Waals surface area contributed by atoms with Gasteiger partial charge < -0.3 is 63.8 Å². The minimum Gasteiger partial charge on any atom is -0.459 e. The maximum Gasteiger partial charge on any atom is 0.331 e. The Labute approximate surface area is 432 Å². The van der Waals surface area contributed by atoms with Crippen molar-refractivity contribution in [1.29, 1.82) is 5.26 Å². The number of hydrogen-bond donors (Lipinski definition) is 6. The number of ether oxygens (including phenoxy) is 6. The zero-order valence-electron chi connectivity index (χ0n) is 44.4. The van der Waals surface area contributed by atoms with E-state index in [1.807, 2.05) is 43.8 Å². The molecule has 3 saturated heterocycles. The Morgan fingerprint density at radius 3 is 2.21 bits per heavy atom. The fraction of sp³-hybridized carbons (Fsp3) is 0.820. The summed E-state index contributed by atoms with van der Waals surface area (Å²) in [5.41, 5.74) is -4.90. The van der Waals surface area contributed by atoms with Gasteiger partial charge in [-0.2, -0.15) is 5.26 Å². The summed E-state index contributed by atoms with van der Waals surface area (Å²) in [5, 5.41) is 69.9. The average Bonchev–Trinajstić information content (AvgIpc) is 3.30. The Hall–Kier alpha value is -2.79. The number of esters is 1. The van der Waals surface area contributed by atoms with Crippen molar-refractivity contribution in [3.05, 3.63) is 29.3 Å². The Morgan fingerprint density at radius 2 is 1.62 bits per heavy atom. The third-order valence-corrected chi connectivity index (χ3v) is 16.6. The molecule has 0 unspecified atom stereocenters. The number of nitriles is 1. The summed E-state index contributed by atoms with van der Waals surface area (Å²) in [4.78, 5) is 33.0. The predicted octanol–water partition coefficient (Wildman–Crippen LogP) is 3.63. The van der Waals surface area contributed by atoms with E-state index in [0.717, 1.165) is 0 Å². The number of halogens is 1. The molecule has 2 amide bonds. The van der Waals surface area contributed by atoms with Crippen LogP contribution in [-0.4, -0.2) is 198 Å². The quantitative estimate of drug-likeness (QED) is 0.137. The summed E-state index contributed by atoms with van der Waals surface area (Å²) in [6, 6.07) is 5.11. The first-order valence-corrected chi connectivity index (χ1v) is 27.0. The minimum absolute atomic E-state index is 0.0184. The van der Waals surface area contributed by atoms with E-state index < -0.39 is 118 Å². The molecule has 0 radical (unpaired) electrons. The molecule has 3 aliphatic rings. The lowest BCUT2D eigenvalue weighted by Gasteiger charge is -2.48. The van der Waals surface area contributed by atoms with E-state index in [2.05, 4.69) is 4.72 Å². The molecule has 3 heterocycles. The number of likely N-dealkylation sites (N-methyl/N-ethyl adjacent to an activating group) is 1. The van der Waals surface area contributed by atoms with E-state index in [4.69, 9.17) is 40.0 Å². The van der Waals surface area contributed by atoms with Crippen LogP contribution >= 0.6 is 11.6 Å². The molecule has 1 aromatic carbocycles. The van der Waals surface area contributed by atoms with Gasteiger partial charge >= 0.3 is 12.0 Å². The van der Waals surface area contributed by atoms with Gasteiger partial charge in [-0.15, -0.1) is 0 Å². The number of nitrogens with one attached hydrogen (secondary N) is 1. The monoisotopic (exact) mass is 1060 g/mol. The predicted molar refractivity (Wildman–Crippen MR) is 267 cm³/mol. The molecule has 0 bridgehead atoms. The summed E-state index contributed by atoms with van der Waals surface area (Å²) in [6.07, 6.45) is -9.87. The first-order valence-electron chi connectivity index (χ1n) is 25.2. The standard InChI is InChI=1S/C50H84ClN5O15S/c1-14-38-50(10,63)42(58)33(6)56(24-16-23-55(22-15-21-52)47(61)53-72(64,65)36-19-17-35(51)18-20-36)28-29(2)26-48(8,62)44(71-46-40(57)37(54(11)12)25-30(3)67-46)31(4)41(32(5)45(60)69-38)70-39-27-49(9,66-13)43(59)34(7)68-39/h17-20,29-34,37-44,46,57-59,62-63H,14-16,22-28H2,1-13H3,(H,53,61)/t29-,30-,31+,32-,33-,34+,37+,38-,39+,40-,41+,42-,43+,44-,46+,48-,49-,50-/m1/s1. The molecule has 72 heavy (non-hydrogen) atoms. The van der Waals surface area contributed by atoms with Crippen molar-refractivity contribution in [2.45, 2.75) is 203 Å². The SMILES string of the molecule is CC[C@H]1OC(=O)[C@H](C)[C@@H](O[C@H]2C[C@@](C)(OC)[C@@H](O)[C@H](C)O2)[C@H](C)[C@@H](O[C@@H]2O[C@H](C)C[C@H](N(C)C)[C@H]2O)[C@](C)(O)C[C@@H](C)CN(CCCN(CCC#N)C(=O)NS(=O)(=O)c2ccc(Cl)cc2)[C@H](C)[C@@H](O)[C@]1(C)O. The molecule has 4 rings (SSSR count). The number of aliphatic hydroxyl groups excluding tert-OH is 3. The maximum atomic E-state index is 14.6. The Kier molecular flexibility index (Phi) is 22.2. The number of hydrogen-bond acceptors (Lipinski definition) is 18. The second-order valence-electron chi connectivity index (χ2n) is 21.3. The van der Waals surface area contributed by atoms with Gasteiger partial charge in [-0.25, -0.2) is 17.9 Å². The highest BCUT2D eigenvalue weighted by Crippen LogP contribution is 2.40. The van der Waals surface area contributed by atoms with Gasteiger partial charge in [-0.05, 0) is 118 Å². The number of carbonyl (C=O) groups excluding carboxylic acids is 2. The number of aliphatic hydroxyl groups is 5. The Balaban J connectivity index is 1.77. The molecule has 412 valence electrons. The molecule has 3 fully saturated rings. The number of methoxy groups -OCH3 is 1. The molecule has 0 aliphatic carbocycles. The molecule has 3 aliphatic heterocycles. The highest BCUT2D eigenvalue weighted by molar-refractivity contribution is 7.90. The normalized spacial score (nSPS) is 39.0. The van der Waals surface area contributed by atoms with Crippen LogP contribution in [0.5, 0.6) is 0 Å². The van der Waals surface area contributed by atoms with Crippen molar-refractivity contribution in [2.75, 3.05) is 47.4 Å². The Morgan fingerprint density at radius 1 is 0.986 bits per heavy atom. The number of benzene rings is 1. The van der Waals surface area contributed by atoms with Crippen molar-refractivity contribution in [1.82, 2.24) is 19.4 Å². The van der Waals surface area contributed by atoms with Crippen molar-refractivity contribution in [3.8, 4) is 6.07 Å². The number of amides is 2. The average molecular weight is 1060 g/mol. The van der Waals surface area contributed by atoms with Crippen LogP contribution in [0.1, 0.15) is 108 Å². The van der Waals surface area contributed by atoms with Crippen LogP contribution in [0.4, 0.5) is 4.79 Å². The molecule has 18 atom stereocenters. The van der Waals surface area contributed by atoms with Crippen molar-refractivity contribution < 1.29 is 72.0 Å². The molecule has 22 heteroatoms. The van der Waals surface area contributed by atoms with Crippen LogP contribution in [0, 0.1) is 29.1 Å². The van der Waals surface area contributed by atoms with Gasteiger partial charge in [0.05, 0.1) is 58.9 Å². The summed E-state index contributed by atoms with van der Waals surface area (Å²) >= 11 is 5.95. The highest BCUT2D eigenvalue weighted by atomic mass is 35.5. The number of rotatable bonds is 15. The van der Waals surface area contributed by atoms with Gasteiger partial charge in [0, 0.05) is 62.7 Å². The number of sulfonamides is 1. The lowest BCUT2D eigenvalue weighted by Crippen LogP contribution is -2.60. The zero-order valence-corrected chi connectivity index (χ0v) is 46.0. The molecule has 6 N–H and O–H groups in total. The van der Waals surface area contributed by atoms with Crippen molar-refractivity contribution in [2.24, 2.45) is 17.8 Å². The van der Waals surface area contributed by atoms with E-state index in [-0.39, 0.29) is 75.3 Å². The molecular weight excluding hydrogens is 978 g/mol. The topological polar surface area (TPSA) is 270 Å². The fourth-order valence-corrected chi connectivity index (χ4v) is 11.8.